The zero-order valence-electron chi connectivity index (χ0n) is 22.7. The normalized spacial score (nSPS) is 17.8. The van der Waals surface area contributed by atoms with Crippen LogP contribution < -0.4 is 20.1 Å². The van der Waals surface area contributed by atoms with Crippen LogP contribution in [0, 0.1) is 0 Å². The number of amides is 1. The molecule has 0 spiro atoms. The molecule has 204 valence electrons. The Morgan fingerprint density at radius 1 is 1.13 bits per heavy atom. The van der Waals surface area contributed by atoms with Gasteiger partial charge in [0, 0.05) is 32.0 Å². The maximum atomic E-state index is 13.6. The van der Waals surface area contributed by atoms with Crippen molar-refractivity contribution in [1.82, 2.24) is 20.1 Å². The Kier molecular flexibility index (Phi) is 8.32. The second-order valence-electron chi connectivity index (χ2n) is 10.3. The van der Waals surface area contributed by atoms with E-state index in [4.69, 9.17) is 14.2 Å². The van der Waals surface area contributed by atoms with E-state index in [9.17, 15) is 4.79 Å². The number of ether oxygens (including phenoxy) is 3. The Morgan fingerprint density at radius 2 is 1.92 bits per heavy atom. The number of carbonyl (C=O) groups excluding carboxylic acids is 1. The lowest BCUT2D eigenvalue weighted by molar-refractivity contribution is 0.0903. The van der Waals surface area contributed by atoms with Crippen LogP contribution in [-0.4, -0.2) is 53.1 Å². The first-order valence-electron chi connectivity index (χ1n) is 13.9. The van der Waals surface area contributed by atoms with Crippen LogP contribution in [0.1, 0.15) is 80.8 Å². The molecule has 1 atom stereocenters. The summed E-state index contributed by atoms with van der Waals surface area (Å²) in [6.07, 6.45) is 11.2. The van der Waals surface area contributed by atoms with Gasteiger partial charge in [-0.3, -0.25) is 4.79 Å². The van der Waals surface area contributed by atoms with Gasteiger partial charge in [-0.15, -0.1) is 0 Å². The second kappa shape index (κ2) is 12.0. The molecule has 9 heteroatoms. The molecule has 3 aromatic rings. The van der Waals surface area contributed by atoms with Gasteiger partial charge in [0.1, 0.15) is 0 Å². The molecule has 2 aliphatic rings. The highest BCUT2D eigenvalue weighted by Gasteiger charge is 2.24. The number of fused-ring (bicyclic) bond motifs is 1. The SMILES string of the molecule is CCn1ncc2c(NC3CCOCC3)c(C(=O)NC(C)c3ccc(OC)c(OC4CCCCC4)c3)cnc21. The maximum absolute atomic E-state index is 13.6. The van der Waals surface area contributed by atoms with E-state index >= 15 is 0 Å². The van der Waals surface area contributed by atoms with E-state index in [1.165, 1.54) is 19.3 Å². The van der Waals surface area contributed by atoms with Crippen molar-refractivity contribution in [1.29, 1.82) is 0 Å². The molecule has 1 aliphatic carbocycles. The average Bonchev–Trinajstić information content (AvgIpc) is 3.38. The minimum Gasteiger partial charge on any atom is -0.493 e. The molecule has 2 N–H and O–H groups in total. The monoisotopic (exact) mass is 521 g/mol. The Labute approximate surface area is 224 Å². The number of aromatic nitrogens is 3. The number of pyridine rings is 1. The quantitative estimate of drug-likeness (QED) is 0.397. The minimum atomic E-state index is -0.243. The van der Waals surface area contributed by atoms with Crippen LogP contribution >= 0.6 is 0 Å². The van der Waals surface area contributed by atoms with Gasteiger partial charge in [0.05, 0.1) is 42.1 Å². The van der Waals surface area contributed by atoms with Crippen LogP contribution in [0.3, 0.4) is 0 Å². The van der Waals surface area contributed by atoms with Crippen molar-refractivity contribution in [2.24, 2.45) is 0 Å². The van der Waals surface area contributed by atoms with Crippen LogP contribution in [0.5, 0.6) is 11.5 Å². The summed E-state index contributed by atoms with van der Waals surface area (Å²) < 4.78 is 19.3. The molecule has 0 bridgehead atoms. The highest BCUT2D eigenvalue weighted by atomic mass is 16.5. The number of benzene rings is 1. The molecule has 1 aromatic carbocycles. The molecule has 1 aliphatic heterocycles. The number of aryl methyl sites for hydroxylation is 1. The molecule has 38 heavy (non-hydrogen) atoms. The lowest BCUT2D eigenvalue weighted by Crippen LogP contribution is -2.31. The van der Waals surface area contributed by atoms with Crippen LogP contribution in [-0.2, 0) is 11.3 Å². The van der Waals surface area contributed by atoms with E-state index < -0.39 is 0 Å². The van der Waals surface area contributed by atoms with Gasteiger partial charge >= 0.3 is 0 Å². The Morgan fingerprint density at radius 3 is 2.66 bits per heavy atom. The molecule has 3 heterocycles. The van der Waals surface area contributed by atoms with Gasteiger partial charge in [0.15, 0.2) is 17.1 Å². The van der Waals surface area contributed by atoms with Crippen molar-refractivity contribution in [3.05, 3.63) is 41.7 Å². The summed E-state index contributed by atoms with van der Waals surface area (Å²) in [5, 5.41) is 12.1. The molecule has 2 aromatic heterocycles. The molecule has 1 amide bonds. The van der Waals surface area contributed by atoms with Crippen molar-refractivity contribution < 1.29 is 19.0 Å². The van der Waals surface area contributed by atoms with Crippen molar-refractivity contribution in [3.63, 3.8) is 0 Å². The standard InChI is InChI=1S/C29H39N5O4/c1-4-34-28-23(18-31-34)27(33-21-12-14-37-15-13-21)24(17-30-28)29(35)32-19(2)20-10-11-25(36-3)26(16-20)38-22-8-6-5-7-9-22/h10-11,16-19,21-22H,4-9,12-15H2,1-3H3,(H,30,33)(H,32,35). The lowest BCUT2D eigenvalue weighted by atomic mass is 9.97. The third-order valence-corrected chi connectivity index (χ3v) is 7.66. The first-order valence-corrected chi connectivity index (χ1v) is 13.9. The summed E-state index contributed by atoms with van der Waals surface area (Å²) in [6.45, 7) is 6.14. The van der Waals surface area contributed by atoms with Gasteiger partial charge < -0.3 is 24.8 Å². The summed E-state index contributed by atoms with van der Waals surface area (Å²) in [7, 11) is 1.66. The summed E-state index contributed by atoms with van der Waals surface area (Å²) in [5.74, 6) is 1.26. The number of hydrogen-bond acceptors (Lipinski definition) is 7. The van der Waals surface area contributed by atoms with E-state index in [1.807, 2.05) is 36.7 Å². The fourth-order valence-electron chi connectivity index (χ4n) is 5.41. The highest BCUT2D eigenvalue weighted by Crippen LogP contribution is 2.34. The van der Waals surface area contributed by atoms with E-state index in [1.54, 1.807) is 19.5 Å². The average molecular weight is 522 g/mol. The number of nitrogens with zero attached hydrogens (tertiary/aromatic N) is 3. The van der Waals surface area contributed by atoms with Gasteiger partial charge in [0.2, 0.25) is 0 Å². The fourth-order valence-corrected chi connectivity index (χ4v) is 5.41. The van der Waals surface area contributed by atoms with Crippen LogP contribution in [0.4, 0.5) is 5.69 Å². The number of carbonyl (C=O) groups is 1. The summed E-state index contributed by atoms with van der Waals surface area (Å²) >= 11 is 0. The van der Waals surface area contributed by atoms with Crippen molar-refractivity contribution in [3.8, 4) is 11.5 Å². The van der Waals surface area contributed by atoms with Crippen molar-refractivity contribution in [2.75, 3.05) is 25.6 Å². The van der Waals surface area contributed by atoms with Crippen LogP contribution in [0.25, 0.3) is 11.0 Å². The molecule has 1 saturated heterocycles. The number of methoxy groups -OCH3 is 1. The van der Waals surface area contributed by atoms with Gasteiger partial charge in [-0.05, 0) is 70.1 Å². The molecule has 9 nitrogen and oxygen atoms in total. The number of nitrogens with one attached hydrogen (secondary N) is 2. The molecule has 1 saturated carbocycles. The van der Waals surface area contributed by atoms with Crippen molar-refractivity contribution in [2.45, 2.75) is 83.5 Å². The molecular weight excluding hydrogens is 482 g/mol. The van der Waals surface area contributed by atoms with Gasteiger partial charge in [-0.2, -0.15) is 5.10 Å². The maximum Gasteiger partial charge on any atom is 0.255 e. The fraction of sp³-hybridized carbons (Fsp3) is 0.552. The number of rotatable bonds is 9. The zero-order valence-corrected chi connectivity index (χ0v) is 22.7. The molecule has 0 radical (unpaired) electrons. The smallest absolute Gasteiger partial charge is 0.255 e. The molecule has 5 rings (SSSR count). The third-order valence-electron chi connectivity index (χ3n) is 7.66. The Bertz CT molecular complexity index is 1250. The summed E-state index contributed by atoms with van der Waals surface area (Å²) in [4.78, 5) is 18.2. The summed E-state index contributed by atoms with van der Waals surface area (Å²) in [5.41, 5.74) is 3.02. The van der Waals surface area contributed by atoms with Gasteiger partial charge in [-0.1, -0.05) is 12.5 Å². The highest BCUT2D eigenvalue weighted by molar-refractivity contribution is 6.06. The molecule has 2 fully saturated rings. The third kappa shape index (κ3) is 5.72. The van der Waals surface area contributed by atoms with E-state index in [2.05, 4.69) is 20.7 Å². The zero-order chi connectivity index (χ0) is 26.5. The number of hydrogen-bond donors (Lipinski definition) is 2. The predicted molar refractivity (Wildman–Crippen MR) is 147 cm³/mol. The second-order valence-corrected chi connectivity index (χ2v) is 10.3. The van der Waals surface area contributed by atoms with Gasteiger partial charge in [-0.25, -0.2) is 9.67 Å². The molecular formula is C29H39N5O4. The Balaban J connectivity index is 1.38. The van der Waals surface area contributed by atoms with Crippen molar-refractivity contribution >= 4 is 22.6 Å². The van der Waals surface area contributed by atoms with Gasteiger partial charge in [0.25, 0.3) is 5.91 Å². The summed E-state index contributed by atoms with van der Waals surface area (Å²) in [6, 6.07) is 5.87. The van der Waals surface area contributed by atoms with Crippen LogP contribution in [0.15, 0.2) is 30.6 Å². The predicted octanol–water partition coefficient (Wildman–Crippen LogP) is 5.25. The largest absolute Gasteiger partial charge is 0.493 e. The van der Waals surface area contributed by atoms with Crippen LogP contribution in [0.2, 0.25) is 0 Å². The van der Waals surface area contributed by atoms with E-state index in [0.29, 0.717) is 31.1 Å². The molecule has 1 unspecified atom stereocenters. The first-order chi connectivity index (χ1) is 18.6. The van der Waals surface area contributed by atoms with E-state index in [0.717, 1.165) is 53.7 Å². The lowest BCUT2D eigenvalue weighted by Gasteiger charge is -2.26. The Hall–Kier alpha value is -3.33. The topological polar surface area (TPSA) is 99.5 Å². The number of anilines is 1. The van der Waals surface area contributed by atoms with E-state index in [-0.39, 0.29) is 24.1 Å². The first kappa shape index (κ1) is 26.3. The minimum absolute atomic E-state index is 0.184.